The van der Waals surface area contributed by atoms with Gasteiger partial charge in [-0.05, 0) is 46.2 Å². The number of anilines is 2. The van der Waals surface area contributed by atoms with Crippen LogP contribution in [0.2, 0.25) is 0 Å². The van der Waals surface area contributed by atoms with Crippen LogP contribution in [0.25, 0.3) is 0 Å². The molecule has 0 spiro atoms. The highest BCUT2D eigenvalue weighted by Crippen LogP contribution is 2.26. The second-order valence-electron chi connectivity index (χ2n) is 9.54. The molecule has 0 saturated heterocycles. The summed E-state index contributed by atoms with van der Waals surface area (Å²) in [7, 11) is 0. The van der Waals surface area contributed by atoms with Crippen molar-refractivity contribution in [3.63, 3.8) is 0 Å². The average molecular weight is 440 g/mol. The molecule has 2 N–H and O–H groups in total. The second kappa shape index (κ2) is 10.2. The van der Waals surface area contributed by atoms with Crippen LogP contribution in [0.15, 0.2) is 53.5 Å². The Hall–Kier alpha value is -2.57. The van der Waals surface area contributed by atoms with Gasteiger partial charge in [0.25, 0.3) is 0 Å². The minimum Gasteiger partial charge on any atom is -0.389 e. The standard InChI is InChI=1S/C13H16N2O.C12H17NOS/c1-13(2,3)10-4-6-11(7-5-10)15-9-8-14-12(15)16;1-12(2,3)9-4-6-10(7-5-9)13-11(15)8-14/h4-8H,9H2,1-3H3;4-7,14H,8H2,1-3H3,(H,13,15). The van der Waals surface area contributed by atoms with E-state index in [0.29, 0.717) is 11.5 Å². The van der Waals surface area contributed by atoms with Crippen molar-refractivity contribution in [2.24, 2.45) is 4.99 Å². The van der Waals surface area contributed by atoms with E-state index < -0.39 is 0 Å². The number of rotatable bonds is 3. The number of carbonyl (C=O) groups excluding carboxylic acids is 1. The molecular weight excluding hydrogens is 406 g/mol. The zero-order valence-electron chi connectivity index (χ0n) is 19.3. The molecule has 0 atom stereocenters. The minimum atomic E-state index is -0.177. The molecular formula is C25H33N3O2S. The lowest BCUT2D eigenvalue weighted by Gasteiger charge is -2.20. The molecule has 1 heterocycles. The lowest BCUT2D eigenvalue weighted by atomic mass is 9.87. The first-order valence-electron chi connectivity index (χ1n) is 10.4. The van der Waals surface area contributed by atoms with Crippen LogP contribution < -0.4 is 10.2 Å². The number of aliphatic imine (C=N–C) groups is 1. The lowest BCUT2D eigenvalue weighted by Crippen LogP contribution is -2.24. The summed E-state index contributed by atoms with van der Waals surface area (Å²) in [6, 6.07) is 16.0. The maximum Gasteiger partial charge on any atom is 0.348 e. The normalized spacial score (nSPS) is 13.6. The van der Waals surface area contributed by atoms with E-state index in [4.69, 9.17) is 17.3 Å². The van der Waals surface area contributed by atoms with Crippen molar-refractivity contribution in [1.82, 2.24) is 0 Å². The first kappa shape index (κ1) is 24.7. The number of aliphatic hydroxyl groups excluding tert-OH is 1. The van der Waals surface area contributed by atoms with E-state index in [9.17, 15) is 4.79 Å². The molecule has 0 saturated carbocycles. The molecule has 0 fully saturated rings. The summed E-state index contributed by atoms with van der Waals surface area (Å²) in [6.07, 6.45) is 1.64. The molecule has 0 bridgehead atoms. The van der Waals surface area contributed by atoms with Gasteiger partial charge >= 0.3 is 6.03 Å². The predicted molar refractivity (Wildman–Crippen MR) is 135 cm³/mol. The number of hydrogen-bond acceptors (Lipinski definition) is 3. The van der Waals surface area contributed by atoms with Crippen LogP contribution in [-0.4, -0.2) is 35.5 Å². The van der Waals surface area contributed by atoms with Crippen molar-refractivity contribution >= 4 is 40.8 Å². The van der Waals surface area contributed by atoms with Crippen LogP contribution >= 0.6 is 12.2 Å². The summed E-state index contributed by atoms with van der Waals surface area (Å²) in [4.78, 5) is 17.2. The van der Waals surface area contributed by atoms with Gasteiger partial charge in [0.05, 0.1) is 13.2 Å². The number of urea groups is 1. The fourth-order valence-corrected chi connectivity index (χ4v) is 3.08. The van der Waals surface area contributed by atoms with Crippen molar-refractivity contribution in [2.75, 3.05) is 23.4 Å². The van der Waals surface area contributed by atoms with Crippen LogP contribution in [0.1, 0.15) is 52.7 Å². The van der Waals surface area contributed by atoms with Gasteiger partial charge in [-0.3, -0.25) is 4.90 Å². The molecule has 3 rings (SSSR count). The van der Waals surface area contributed by atoms with Gasteiger partial charge in [-0.1, -0.05) is 78.0 Å². The highest BCUT2D eigenvalue weighted by molar-refractivity contribution is 7.80. The first-order chi connectivity index (χ1) is 14.4. The van der Waals surface area contributed by atoms with E-state index >= 15 is 0 Å². The van der Waals surface area contributed by atoms with E-state index in [1.54, 1.807) is 11.1 Å². The monoisotopic (exact) mass is 439 g/mol. The molecule has 166 valence electrons. The minimum absolute atomic E-state index is 0.115. The van der Waals surface area contributed by atoms with Crippen molar-refractivity contribution < 1.29 is 9.90 Å². The number of benzene rings is 2. The molecule has 31 heavy (non-hydrogen) atoms. The molecule has 0 unspecified atom stereocenters. The zero-order chi connectivity index (χ0) is 23.2. The SMILES string of the molecule is CC(C)(C)c1ccc(N2CC=NC2=O)cc1.CC(C)(C)c1ccc(NC(=S)CO)cc1. The fraction of sp³-hybridized carbons (Fsp3) is 0.400. The number of hydrogen-bond donors (Lipinski definition) is 2. The highest BCUT2D eigenvalue weighted by Gasteiger charge is 2.19. The van der Waals surface area contributed by atoms with Crippen molar-refractivity contribution in [1.29, 1.82) is 0 Å². The number of thiocarbonyl (C=S) groups is 1. The molecule has 2 aromatic rings. The molecule has 0 radical (unpaired) electrons. The van der Waals surface area contributed by atoms with Gasteiger partial charge in [0.15, 0.2) is 0 Å². The maximum absolute atomic E-state index is 11.4. The highest BCUT2D eigenvalue weighted by atomic mass is 32.1. The van der Waals surface area contributed by atoms with Crippen LogP contribution in [-0.2, 0) is 10.8 Å². The Balaban J connectivity index is 0.000000221. The summed E-state index contributed by atoms with van der Waals surface area (Å²) in [5.74, 6) is 0. The predicted octanol–water partition coefficient (Wildman–Crippen LogP) is 5.71. The quantitative estimate of drug-likeness (QED) is 0.601. The van der Waals surface area contributed by atoms with Gasteiger partial charge in [0.1, 0.15) is 4.99 Å². The van der Waals surface area contributed by atoms with E-state index in [2.05, 4.69) is 76.1 Å². The largest absolute Gasteiger partial charge is 0.389 e. The van der Waals surface area contributed by atoms with Crippen LogP contribution in [0, 0.1) is 0 Å². The van der Waals surface area contributed by atoms with Crippen LogP contribution in [0.3, 0.4) is 0 Å². The summed E-state index contributed by atoms with van der Waals surface area (Å²) in [5.41, 5.74) is 4.68. The van der Waals surface area contributed by atoms with Crippen molar-refractivity contribution in [3.05, 3.63) is 59.7 Å². The summed E-state index contributed by atoms with van der Waals surface area (Å²) >= 11 is 4.88. The third-order valence-corrected chi connectivity index (χ3v) is 5.15. The fourth-order valence-electron chi connectivity index (χ4n) is 2.96. The van der Waals surface area contributed by atoms with Gasteiger partial charge in [-0.2, -0.15) is 0 Å². The molecule has 0 aliphatic carbocycles. The Kier molecular flexibility index (Phi) is 8.09. The zero-order valence-corrected chi connectivity index (χ0v) is 20.1. The molecule has 1 aliphatic heterocycles. The Labute approximate surface area is 191 Å². The molecule has 2 amide bonds. The number of carbonyl (C=O) groups is 1. The van der Waals surface area contributed by atoms with Gasteiger partial charge < -0.3 is 10.4 Å². The Morgan fingerprint density at radius 2 is 1.45 bits per heavy atom. The second-order valence-corrected chi connectivity index (χ2v) is 10.0. The van der Waals surface area contributed by atoms with E-state index in [-0.39, 0.29) is 23.5 Å². The molecule has 6 heteroatoms. The number of nitrogens with one attached hydrogen (secondary N) is 1. The summed E-state index contributed by atoms with van der Waals surface area (Å²) < 4.78 is 0. The van der Waals surface area contributed by atoms with E-state index in [0.717, 1.165) is 11.4 Å². The molecule has 0 aromatic heterocycles. The van der Waals surface area contributed by atoms with E-state index in [1.807, 2.05) is 24.3 Å². The van der Waals surface area contributed by atoms with Gasteiger partial charge in [-0.25, -0.2) is 9.79 Å². The first-order valence-corrected chi connectivity index (χ1v) is 10.8. The van der Waals surface area contributed by atoms with Gasteiger partial charge in [0.2, 0.25) is 0 Å². The lowest BCUT2D eigenvalue weighted by molar-refractivity contribution is 0.256. The molecule has 5 nitrogen and oxygen atoms in total. The van der Waals surface area contributed by atoms with Crippen molar-refractivity contribution in [2.45, 2.75) is 52.4 Å². The summed E-state index contributed by atoms with van der Waals surface area (Å²) in [6.45, 7) is 13.5. The van der Waals surface area contributed by atoms with Crippen molar-refractivity contribution in [3.8, 4) is 0 Å². The van der Waals surface area contributed by atoms with Crippen LogP contribution in [0.5, 0.6) is 0 Å². The van der Waals surface area contributed by atoms with Gasteiger partial charge in [-0.15, -0.1) is 0 Å². The number of aliphatic hydroxyl groups is 1. The Morgan fingerprint density at radius 3 is 1.84 bits per heavy atom. The number of amides is 2. The van der Waals surface area contributed by atoms with Crippen LogP contribution in [0.4, 0.5) is 16.2 Å². The Bertz CT molecular complexity index is 921. The number of nitrogens with zero attached hydrogens (tertiary/aromatic N) is 2. The topological polar surface area (TPSA) is 64.9 Å². The third kappa shape index (κ3) is 7.26. The van der Waals surface area contributed by atoms with Gasteiger partial charge in [0, 0.05) is 17.6 Å². The smallest absolute Gasteiger partial charge is 0.348 e. The Morgan fingerprint density at radius 1 is 0.968 bits per heavy atom. The third-order valence-electron chi connectivity index (χ3n) is 4.92. The summed E-state index contributed by atoms with van der Waals surface area (Å²) in [5, 5.41) is 11.7. The molecule has 2 aromatic carbocycles. The molecule has 1 aliphatic rings. The maximum atomic E-state index is 11.4. The van der Waals surface area contributed by atoms with E-state index in [1.165, 1.54) is 11.1 Å². The average Bonchev–Trinajstić information content (AvgIpc) is 3.13.